The van der Waals surface area contributed by atoms with Gasteiger partial charge in [0.2, 0.25) is 11.8 Å². The molecule has 6 nitrogen and oxygen atoms in total. The van der Waals surface area contributed by atoms with E-state index in [1.54, 1.807) is 33.7 Å². The Morgan fingerprint density at radius 3 is 2.63 bits per heavy atom. The summed E-state index contributed by atoms with van der Waals surface area (Å²) in [5.41, 5.74) is 0.474. The van der Waals surface area contributed by atoms with Crippen molar-refractivity contribution in [3.05, 3.63) is 60.2 Å². The lowest BCUT2D eigenvalue weighted by atomic mass is 9.98. The second-order valence-electron chi connectivity index (χ2n) is 7.68. The Balaban J connectivity index is 1.36. The SMILES string of the molecule is CC12CCC(=O)N1c1ccccc1C(=O)N2CCC(=O)NCCSc1ccccc1. The van der Waals surface area contributed by atoms with Crippen LogP contribution in [0.5, 0.6) is 0 Å². The molecule has 1 N–H and O–H groups in total. The van der Waals surface area contributed by atoms with E-state index >= 15 is 0 Å². The largest absolute Gasteiger partial charge is 0.355 e. The van der Waals surface area contributed by atoms with Gasteiger partial charge < -0.3 is 10.2 Å². The van der Waals surface area contributed by atoms with Crippen molar-refractivity contribution in [1.29, 1.82) is 0 Å². The predicted octanol–water partition coefficient (Wildman–Crippen LogP) is 3.28. The monoisotopic (exact) mass is 423 g/mol. The lowest BCUT2D eigenvalue weighted by Crippen LogP contribution is -2.62. The van der Waals surface area contributed by atoms with Gasteiger partial charge >= 0.3 is 0 Å². The molecule has 0 spiro atoms. The molecule has 1 unspecified atom stereocenters. The maximum Gasteiger partial charge on any atom is 0.257 e. The Labute approximate surface area is 180 Å². The molecule has 1 saturated heterocycles. The number of fused-ring (bicyclic) bond motifs is 3. The van der Waals surface area contributed by atoms with Crippen molar-refractivity contribution in [2.75, 3.05) is 23.7 Å². The number of carbonyl (C=O) groups excluding carboxylic acids is 3. The lowest BCUT2D eigenvalue weighted by molar-refractivity contribution is -0.121. The first-order valence-electron chi connectivity index (χ1n) is 10.2. The number of rotatable bonds is 7. The summed E-state index contributed by atoms with van der Waals surface area (Å²) in [5.74, 6) is 0.595. The molecule has 7 heteroatoms. The van der Waals surface area contributed by atoms with Crippen LogP contribution in [0.2, 0.25) is 0 Å². The zero-order valence-electron chi connectivity index (χ0n) is 17.0. The Hall–Kier alpha value is -2.80. The molecule has 2 aromatic carbocycles. The topological polar surface area (TPSA) is 69.7 Å². The third-order valence-corrected chi connectivity index (χ3v) is 6.76. The van der Waals surface area contributed by atoms with E-state index in [1.807, 2.05) is 49.4 Å². The van der Waals surface area contributed by atoms with Gasteiger partial charge in [-0.1, -0.05) is 30.3 Å². The van der Waals surface area contributed by atoms with Crippen molar-refractivity contribution in [2.24, 2.45) is 0 Å². The van der Waals surface area contributed by atoms with Gasteiger partial charge in [0.15, 0.2) is 0 Å². The van der Waals surface area contributed by atoms with Gasteiger partial charge in [0, 0.05) is 36.6 Å². The fourth-order valence-corrected chi connectivity index (χ4v) is 5.01. The molecule has 0 bridgehead atoms. The highest BCUT2D eigenvalue weighted by molar-refractivity contribution is 7.99. The second kappa shape index (κ2) is 8.52. The summed E-state index contributed by atoms with van der Waals surface area (Å²) in [7, 11) is 0. The van der Waals surface area contributed by atoms with Crippen LogP contribution in [0.3, 0.4) is 0 Å². The minimum Gasteiger partial charge on any atom is -0.355 e. The number of para-hydroxylation sites is 1. The number of hydrogen-bond acceptors (Lipinski definition) is 4. The first kappa shape index (κ1) is 20.5. The van der Waals surface area contributed by atoms with Gasteiger partial charge in [0.1, 0.15) is 5.66 Å². The molecule has 0 aromatic heterocycles. The van der Waals surface area contributed by atoms with E-state index in [9.17, 15) is 14.4 Å². The molecule has 1 fully saturated rings. The third-order valence-electron chi connectivity index (χ3n) is 5.74. The summed E-state index contributed by atoms with van der Waals surface area (Å²) < 4.78 is 0. The molecule has 2 aliphatic rings. The summed E-state index contributed by atoms with van der Waals surface area (Å²) in [6, 6.07) is 17.3. The summed E-state index contributed by atoms with van der Waals surface area (Å²) in [6.45, 7) is 2.77. The summed E-state index contributed by atoms with van der Waals surface area (Å²) >= 11 is 1.69. The Morgan fingerprint density at radius 1 is 1.10 bits per heavy atom. The van der Waals surface area contributed by atoms with Gasteiger partial charge in [-0.3, -0.25) is 19.3 Å². The van der Waals surface area contributed by atoms with E-state index in [2.05, 4.69) is 5.32 Å². The number of benzene rings is 2. The van der Waals surface area contributed by atoms with E-state index < -0.39 is 5.66 Å². The average molecular weight is 424 g/mol. The van der Waals surface area contributed by atoms with Crippen molar-refractivity contribution in [3.8, 4) is 0 Å². The van der Waals surface area contributed by atoms with Crippen LogP contribution in [0.15, 0.2) is 59.5 Å². The van der Waals surface area contributed by atoms with Crippen LogP contribution in [0.25, 0.3) is 0 Å². The zero-order valence-corrected chi connectivity index (χ0v) is 17.8. The van der Waals surface area contributed by atoms with Crippen LogP contribution in [-0.2, 0) is 9.59 Å². The smallest absolute Gasteiger partial charge is 0.257 e. The molecule has 0 saturated carbocycles. The average Bonchev–Trinajstić information content (AvgIpc) is 3.07. The van der Waals surface area contributed by atoms with Crippen LogP contribution >= 0.6 is 11.8 Å². The van der Waals surface area contributed by atoms with Crippen LogP contribution in [0, 0.1) is 0 Å². The summed E-state index contributed by atoms with van der Waals surface area (Å²) in [4.78, 5) is 42.7. The molecular formula is C23H25N3O3S. The van der Waals surface area contributed by atoms with E-state index in [4.69, 9.17) is 0 Å². The summed E-state index contributed by atoms with van der Waals surface area (Å²) in [5, 5.41) is 2.93. The molecule has 30 heavy (non-hydrogen) atoms. The van der Waals surface area contributed by atoms with Crippen LogP contribution < -0.4 is 10.2 Å². The number of anilines is 1. The highest BCUT2D eigenvalue weighted by Gasteiger charge is 2.52. The van der Waals surface area contributed by atoms with E-state index in [1.165, 1.54) is 4.90 Å². The van der Waals surface area contributed by atoms with Crippen LogP contribution in [-0.4, -0.2) is 47.1 Å². The van der Waals surface area contributed by atoms with E-state index in [0.717, 1.165) is 5.75 Å². The third kappa shape index (κ3) is 3.81. The maximum atomic E-state index is 13.2. The van der Waals surface area contributed by atoms with Gasteiger partial charge in [0.05, 0.1) is 11.3 Å². The molecule has 2 aliphatic heterocycles. The molecule has 4 rings (SSSR count). The first-order chi connectivity index (χ1) is 14.5. The quantitative estimate of drug-likeness (QED) is 0.548. The first-order valence-corrected chi connectivity index (χ1v) is 11.2. The Kier molecular flexibility index (Phi) is 5.81. The Bertz CT molecular complexity index is 965. The van der Waals surface area contributed by atoms with E-state index in [-0.39, 0.29) is 30.7 Å². The summed E-state index contributed by atoms with van der Waals surface area (Å²) in [6.07, 6.45) is 1.18. The molecular weight excluding hydrogens is 398 g/mol. The minimum absolute atomic E-state index is 0.0184. The molecule has 2 aromatic rings. The van der Waals surface area contributed by atoms with Gasteiger partial charge in [-0.05, 0) is 37.6 Å². The number of hydrogen-bond donors (Lipinski definition) is 1. The van der Waals surface area contributed by atoms with E-state index in [0.29, 0.717) is 30.6 Å². The standard InChI is InChI=1S/C23H25N3O3S/c1-23-13-11-21(28)26(23)19-10-6-5-9-18(19)22(29)25(23)15-12-20(27)24-14-16-30-17-7-3-2-4-8-17/h2-10H,11-16H2,1H3,(H,24,27). The van der Waals surface area contributed by atoms with Crippen LogP contribution in [0.4, 0.5) is 5.69 Å². The lowest BCUT2D eigenvalue weighted by Gasteiger charge is -2.48. The number of amides is 3. The van der Waals surface area contributed by atoms with Crippen molar-refractivity contribution in [2.45, 2.75) is 36.7 Å². The minimum atomic E-state index is -0.716. The Morgan fingerprint density at radius 2 is 1.83 bits per heavy atom. The molecule has 0 aliphatic carbocycles. The predicted molar refractivity (Wildman–Crippen MR) is 117 cm³/mol. The molecule has 1 atom stereocenters. The fourth-order valence-electron chi connectivity index (χ4n) is 4.22. The zero-order chi connectivity index (χ0) is 21.1. The maximum absolute atomic E-state index is 13.2. The molecule has 2 heterocycles. The molecule has 156 valence electrons. The number of nitrogens with zero attached hydrogens (tertiary/aromatic N) is 2. The van der Waals surface area contributed by atoms with Gasteiger partial charge in [0.25, 0.3) is 5.91 Å². The van der Waals surface area contributed by atoms with Crippen molar-refractivity contribution in [3.63, 3.8) is 0 Å². The van der Waals surface area contributed by atoms with Crippen molar-refractivity contribution >= 4 is 35.2 Å². The van der Waals surface area contributed by atoms with Crippen LogP contribution in [0.1, 0.15) is 36.5 Å². The highest BCUT2D eigenvalue weighted by atomic mass is 32.2. The van der Waals surface area contributed by atoms with Crippen molar-refractivity contribution in [1.82, 2.24) is 10.2 Å². The van der Waals surface area contributed by atoms with Crippen molar-refractivity contribution < 1.29 is 14.4 Å². The number of nitrogens with one attached hydrogen (secondary N) is 1. The fraction of sp³-hybridized carbons (Fsp3) is 0.348. The van der Waals surface area contributed by atoms with Gasteiger partial charge in [-0.15, -0.1) is 11.8 Å². The molecule has 0 radical (unpaired) electrons. The normalized spacial score (nSPS) is 20.2. The van der Waals surface area contributed by atoms with Gasteiger partial charge in [-0.2, -0.15) is 0 Å². The second-order valence-corrected chi connectivity index (χ2v) is 8.85. The van der Waals surface area contributed by atoms with Gasteiger partial charge in [-0.25, -0.2) is 0 Å². The molecule has 3 amide bonds. The highest BCUT2D eigenvalue weighted by Crippen LogP contribution is 2.43. The number of carbonyl (C=O) groups is 3. The number of thioether (sulfide) groups is 1.